The van der Waals surface area contributed by atoms with Crippen LogP contribution in [0.2, 0.25) is 0 Å². The first-order valence-corrected chi connectivity index (χ1v) is 8.71. The topological polar surface area (TPSA) is 73.2 Å². The molecular formula is C18H19N3O3S. The molecule has 0 unspecified atom stereocenters. The first-order valence-electron chi connectivity index (χ1n) is 7.89. The highest BCUT2D eigenvalue weighted by Crippen LogP contribution is 2.36. The van der Waals surface area contributed by atoms with Crippen LogP contribution >= 0.6 is 11.3 Å². The fourth-order valence-corrected chi connectivity index (χ4v) is 3.74. The molecule has 2 aromatic heterocycles. The first-order chi connectivity index (χ1) is 11.9. The van der Waals surface area contributed by atoms with E-state index in [1.807, 2.05) is 45.0 Å². The number of aromatic nitrogens is 2. The Morgan fingerprint density at radius 3 is 2.68 bits per heavy atom. The van der Waals surface area contributed by atoms with Gasteiger partial charge < -0.3 is 10.1 Å². The molecule has 0 spiro atoms. The third kappa shape index (κ3) is 3.15. The number of nitrogens with zero attached hydrogens (tertiary/aromatic N) is 2. The lowest BCUT2D eigenvalue weighted by molar-refractivity contribution is 0.0607. The van der Waals surface area contributed by atoms with E-state index in [1.165, 1.54) is 18.4 Å². The number of nitrogens with one attached hydrogen (secondary N) is 1. The van der Waals surface area contributed by atoms with Crippen LogP contribution in [0.25, 0.3) is 10.1 Å². The highest BCUT2D eigenvalue weighted by atomic mass is 32.1. The molecule has 1 N–H and O–H groups in total. The number of methoxy groups -OCH3 is 1. The molecule has 0 fully saturated rings. The van der Waals surface area contributed by atoms with Crippen LogP contribution < -0.4 is 5.32 Å². The summed E-state index contributed by atoms with van der Waals surface area (Å²) in [5.41, 5.74) is 1.70. The van der Waals surface area contributed by atoms with Crippen LogP contribution in [0.15, 0.2) is 30.3 Å². The van der Waals surface area contributed by atoms with Gasteiger partial charge in [0.05, 0.1) is 18.5 Å². The summed E-state index contributed by atoms with van der Waals surface area (Å²) >= 11 is 1.30. The molecular weight excluding hydrogens is 338 g/mol. The number of thiophene rings is 1. The van der Waals surface area contributed by atoms with Crippen molar-refractivity contribution in [3.8, 4) is 0 Å². The summed E-state index contributed by atoms with van der Waals surface area (Å²) in [5.74, 6) is -0.770. The van der Waals surface area contributed by atoms with Crippen molar-refractivity contribution in [2.24, 2.45) is 0 Å². The van der Waals surface area contributed by atoms with Crippen LogP contribution in [0.4, 0.5) is 5.69 Å². The molecule has 6 nitrogen and oxygen atoms in total. The molecule has 0 aliphatic heterocycles. The predicted octanol–water partition coefficient (Wildman–Crippen LogP) is 4.03. The van der Waals surface area contributed by atoms with Crippen LogP contribution in [0.1, 0.15) is 45.7 Å². The summed E-state index contributed by atoms with van der Waals surface area (Å²) in [6, 6.07) is 9.33. The third-order valence-corrected chi connectivity index (χ3v) is 4.94. The summed E-state index contributed by atoms with van der Waals surface area (Å²) in [4.78, 5) is 25.3. The molecule has 130 valence electrons. The van der Waals surface area contributed by atoms with E-state index in [4.69, 9.17) is 4.74 Å². The number of hydrogen-bond acceptors (Lipinski definition) is 5. The van der Waals surface area contributed by atoms with Gasteiger partial charge in [0.15, 0.2) is 0 Å². The quantitative estimate of drug-likeness (QED) is 0.716. The summed E-state index contributed by atoms with van der Waals surface area (Å²) in [7, 11) is 1.33. The Morgan fingerprint density at radius 1 is 1.28 bits per heavy atom. The Balaban J connectivity index is 2.06. The highest BCUT2D eigenvalue weighted by molar-refractivity contribution is 7.21. The zero-order chi connectivity index (χ0) is 18.1. The van der Waals surface area contributed by atoms with Crippen LogP contribution in [-0.4, -0.2) is 28.8 Å². The Kier molecular flexibility index (Phi) is 4.59. The molecule has 7 heteroatoms. The second kappa shape index (κ2) is 6.68. The smallest absolute Gasteiger partial charge is 0.350 e. The van der Waals surface area contributed by atoms with Crippen molar-refractivity contribution in [3.63, 3.8) is 0 Å². The molecule has 3 aromatic rings. The molecule has 2 heterocycles. The Bertz CT molecular complexity index is 956. The third-order valence-electron chi connectivity index (χ3n) is 3.78. The number of benzene rings is 1. The van der Waals surface area contributed by atoms with Crippen molar-refractivity contribution in [1.82, 2.24) is 9.78 Å². The van der Waals surface area contributed by atoms with Gasteiger partial charge in [0, 0.05) is 16.1 Å². The highest BCUT2D eigenvalue weighted by Gasteiger charge is 2.23. The van der Waals surface area contributed by atoms with E-state index in [2.05, 4.69) is 10.4 Å². The maximum absolute atomic E-state index is 12.8. The largest absolute Gasteiger partial charge is 0.465 e. The zero-order valence-corrected chi connectivity index (χ0v) is 15.3. The zero-order valence-electron chi connectivity index (χ0n) is 14.5. The van der Waals surface area contributed by atoms with Gasteiger partial charge in [0.2, 0.25) is 0 Å². The number of hydrogen-bond donors (Lipinski definition) is 1. The molecule has 0 aliphatic rings. The van der Waals surface area contributed by atoms with Crippen molar-refractivity contribution in [2.45, 2.75) is 26.8 Å². The van der Waals surface area contributed by atoms with Crippen molar-refractivity contribution >= 4 is 39.0 Å². The van der Waals surface area contributed by atoms with Crippen molar-refractivity contribution < 1.29 is 14.3 Å². The lowest BCUT2D eigenvalue weighted by Gasteiger charge is -2.11. The molecule has 1 aromatic carbocycles. The average Bonchev–Trinajstić information content (AvgIpc) is 3.15. The number of fused-ring (bicyclic) bond motifs is 1. The van der Waals surface area contributed by atoms with Gasteiger partial charge in [-0.3, -0.25) is 9.48 Å². The summed E-state index contributed by atoms with van der Waals surface area (Å²) < 4.78 is 7.45. The fourth-order valence-electron chi connectivity index (χ4n) is 2.66. The molecule has 0 saturated heterocycles. The average molecular weight is 357 g/mol. The minimum Gasteiger partial charge on any atom is -0.465 e. The normalized spacial score (nSPS) is 11.1. The van der Waals surface area contributed by atoms with E-state index in [0.29, 0.717) is 16.3 Å². The van der Waals surface area contributed by atoms with Gasteiger partial charge in [0.1, 0.15) is 10.6 Å². The van der Waals surface area contributed by atoms with Gasteiger partial charge in [0.25, 0.3) is 5.91 Å². The van der Waals surface area contributed by atoms with E-state index in [1.54, 1.807) is 10.7 Å². The van der Waals surface area contributed by atoms with Crippen LogP contribution in [0.5, 0.6) is 0 Å². The van der Waals surface area contributed by atoms with E-state index in [-0.39, 0.29) is 11.9 Å². The molecule has 0 atom stereocenters. The van der Waals surface area contributed by atoms with Crippen molar-refractivity contribution in [1.29, 1.82) is 0 Å². The van der Waals surface area contributed by atoms with E-state index in [0.717, 1.165) is 15.8 Å². The molecule has 0 aliphatic carbocycles. The predicted molar refractivity (Wildman–Crippen MR) is 98.5 cm³/mol. The van der Waals surface area contributed by atoms with Crippen molar-refractivity contribution in [3.05, 3.63) is 46.6 Å². The maximum Gasteiger partial charge on any atom is 0.350 e. The lowest BCUT2D eigenvalue weighted by atomic mass is 10.2. The standard InChI is InChI=1S/C18H19N3O3S/c1-10(2)21-13(9-11(3)20-21)17(22)19-15-12-7-5-6-8-14(12)25-16(15)18(23)24-4/h5-10H,1-4H3,(H,19,22). The van der Waals surface area contributed by atoms with Crippen LogP contribution in [0.3, 0.4) is 0 Å². The molecule has 0 radical (unpaired) electrons. The van der Waals surface area contributed by atoms with Gasteiger partial charge in [-0.05, 0) is 32.9 Å². The monoisotopic (exact) mass is 357 g/mol. The minimum absolute atomic E-state index is 0.0498. The number of aryl methyl sites for hydroxylation is 1. The number of rotatable bonds is 4. The second-order valence-corrected chi connectivity index (χ2v) is 7.01. The van der Waals surface area contributed by atoms with Gasteiger partial charge >= 0.3 is 5.97 Å². The molecule has 25 heavy (non-hydrogen) atoms. The SMILES string of the molecule is COC(=O)c1sc2ccccc2c1NC(=O)c1cc(C)nn1C(C)C. The first kappa shape index (κ1) is 17.2. The Labute approximate surface area is 149 Å². The van der Waals surface area contributed by atoms with Gasteiger partial charge in [-0.25, -0.2) is 4.79 Å². The van der Waals surface area contributed by atoms with Gasteiger partial charge in [-0.1, -0.05) is 18.2 Å². The summed E-state index contributed by atoms with van der Waals surface area (Å²) in [6.45, 7) is 5.77. The molecule has 0 saturated carbocycles. The van der Waals surface area contributed by atoms with E-state index in [9.17, 15) is 9.59 Å². The second-order valence-electron chi connectivity index (χ2n) is 5.96. The van der Waals surface area contributed by atoms with Crippen LogP contribution in [-0.2, 0) is 4.74 Å². The van der Waals surface area contributed by atoms with E-state index < -0.39 is 5.97 Å². The number of esters is 1. The van der Waals surface area contributed by atoms with Crippen molar-refractivity contribution in [2.75, 3.05) is 12.4 Å². The number of ether oxygens (including phenoxy) is 1. The summed E-state index contributed by atoms with van der Waals surface area (Å²) in [5, 5.41) is 8.06. The Hall–Kier alpha value is -2.67. The number of carbonyl (C=O) groups is 2. The Morgan fingerprint density at radius 2 is 2.00 bits per heavy atom. The van der Waals surface area contributed by atoms with E-state index >= 15 is 0 Å². The minimum atomic E-state index is -0.468. The molecule has 0 bridgehead atoms. The molecule has 1 amide bonds. The number of carbonyl (C=O) groups excluding carboxylic acids is 2. The molecule has 3 rings (SSSR count). The number of anilines is 1. The number of amides is 1. The van der Waals surface area contributed by atoms with Gasteiger partial charge in [-0.15, -0.1) is 11.3 Å². The summed E-state index contributed by atoms with van der Waals surface area (Å²) in [6.07, 6.45) is 0. The van der Waals surface area contributed by atoms with Gasteiger partial charge in [-0.2, -0.15) is 5.10 Å². The fraction of sp³-hybridized carbons (Fsp3) is 0.278. The maximum atomic E-state index is 12.8. The lowest BCUT2D eigenvalue weighted by Crippen LogP contribution is -2.20. The van der Waals surface area contributed by atoms with Crippen LogP contribution in [0, 0.1) is 6.92 Å².